The van der Waals surface area contributed by atoms with Crippen molar-refractivity contribution in [3.05, 3.63) is 36.0 Å². The van der Waals surface area contributed by atoms with Crippen molar-refractivity contribution in [1.82, 2.24) is 4.98 Å². The quantitative estimate of drug-likeness (QED) is 0.818. The molecule has 1 unspecified atom stereocenters. The molecule has 0 aliphatic heterocycles. The lowest BCUT2D eigenvalue weighted by atomic mass is 9.94. The first-order valence-electron chi connectivity index (χ1n) is 7.54. The highest BCUT2D eigenvalue weighted by Gasteiger charge is 2.35. The standard InChI is InChI=1S/C17H23NO5S/c1-11(16-18-10-14(23-16)17(2,3)4)24(19,20)15-12(21-5)8-7-9-13(15)22-6/h7-11H,1-6H3. The van der Waals surface area contributed by atoms with Gasteiger partial charge in [0.2, 0.25) is 5.89 Å². The average molecular weight is 353 g/mol. The Morgan fingerprint density at radius 3 is 2.08 bits per heavy atom. The van der Waals surface area contributed by atoms with Gasteiger partial charge in [0.25, 0.3) is 0 Å². The van der Waals surface area contributed by atoms with E-state index < -0.39 is 15.1 Å². The number of ether oxygens (including phenoxy) is 2. The Morgan fingerprint density at radius 2 is 1.67 bits per heavy atom. The molecule has 2 aromatic rings. The number of hydrogen-bond acceptors (Lipinski definition) is 6. The van der Waals surface area contributed by atoms with E-state index in [1.165, 1.54) is 14.2 Å². The van der Waals surface area contributed by atoms with Gasteiger partial charge < -0.3 is 13.9 Å². The SMILES string of the molecule is COc1cccc(OC)c1S(=O)(=O)C(C)c1ncc(C(C)(C)C)o1. The van der Waals surface area contributed by atoms with Crippen LogP contribution >= 0.6 is 0 Å². The predicted molar refractivity (Wildman–Crippen MR) is 90.3 cm³/mol. The molecule has 1 aromatic carbocycles. The maximum atomic E-state index is 13.1. The number of aromatic nitrogens is 1. The third-order valence-corrected chi connectivity index (χ3v) is 5.85. The van der Waals surface area contributed by atoms with E-state index in [2.05, 4.69) is 4.98 Å². The highest BCUT2D eigenvalue weighted by Crippen LogP contribution is 2.40. The van der Waals surface area contributed by atoms with Crippen LogP contribution in [-0.4, -0.2) is 27.6 Å². The van der Waals surface area contributed by atoms with E-state index in [4.69, 9.17) is 13.9 Å². The van der Waals surface area contributed by atoms with Crippen LogP contribution in [0.4, 0.5) is 0 Å². The smallest absolute Gasteiger partial charge is 0.212 e. The van der Waals surface area contributed by atoms with E-state index in [0.29, 0.717) is 5.76 Å². The molecule has 7 heteroatoms. The lowest BCUT2D eigenvalue weighted by molar-refractivity contribution is 0.369. The molecule has 0 aliphatic carbocycles. The Bertz CT molecular complexity index is 795. The zero-order valence-electron chi connectivity index (χ0n) is 14.8. The van der Waals surface area contributed by atoms with E-state index in [1.54, 1.807) is 31.3 Å². The number of nitrogens with zero attached hydrogens (tertiary/aromatic N) is 1. The second-order valence-corrected chi connectivity index (χ2v) is 8.70. The minimum absolute atomic E-state index is 0.00184. The summed E-state index contributed by atoms with van der Waals surface area (Å²) in [6, 6.07) is 4.83. The van der Waals surface area contributed by atoms with E-state index in [0.717, 1.165) is 0 Å². The minimum atomic E-state index is -3.82. The topological polar surface area (TPSA) is 78.6 Å². The van der Waals surface area contributed by atoms with Crippen molar-refractivity contribution >= 4 is 9.84 Å². The van der Waals surface area contributed by atoms with Gasteiger partial charge in [-0.05, 0) is 19.1 Å². The molecule has 0 saturated carbocycles. The summed E-state index contributed by atoms with van der Waals surface area (Å²) >= 11 is 0. The van der Waals surface area contributed by atoms with Crippen LogP contribution in [0.5, 0.6) is 11.5 Å². The van der Waals surface area contributed by atoms with Crippen molar-refractivity contribution in [2.24, 2.45) is 0 Å². The van der Waals surface area contributed by atoms with Crippen molar-refractivity contribution in [3.8, 4) is 11.5 Å². The Morgan fingerprint density at radius 1 is 1.12 bits per heavy atom. The maximum Gasteiger partial charge on any atom is 0.212 e. The number of methoxy groups -OCH3 is 2. The van der Waals surface area contributed by atoms with Gasteiger partial charge in [0.1, 0.15) is 22.5 Å². The van der Waals surface area contributed by atoms with Crippen molar-refractivity contribution < 1.29 is 22.3 Å². The second kappa shape index (κ2) is 6.47. The Balaban J connectivity index is 2.53. The lowest BCUT2D eigenvalue weighted by Crippen LogP contribution is -2.14. The van der Waals surface area contributed by atoms with E-state index in [1.807, 2.05) is 20.8 Å². The molecule has 0 saturated heterocycles. The van der Waals surface area contributed by atoms with Crippen molar-refractivity contribution in [3.63, 3.8) is 0 Å². The normalized spacial score (nSPS) is 13.6. The van der Waals surface area contributed by atoms with E-state index in [-0.39, 0.29) is 27.7 Å². The molecule has 0 spiro atoms. The largest absolute Gasteiger partial charge is 0.495 e. The molecule has 24 heavy (non-hydrogen) atoms. The van der Waals surface area contributed by atoms with Crippen LogP contribution in [-0.2, 0) is 15.3 Å². The first kappa shape index (κ1) is 18.3. The summed E-state index contributed by atoms with van der Waals surface area (Å²) < 4.78 is 42.3. The van der Waals surface area contributed by atoms with Crippen LogP contribution in [0.1, 0.15) is 44.6 Å². The van der Waals surface area contributed by atoms with Crippen molar-refractivity contribution in [2.75, 3.05) is 14.2 Å². The Kier molecular flexibility index (Phi) is 4.94. The molecule has 1 aromatic heterocycles. The molecule has 0 bridgehead atoms. The fraction of sp³-hybridized carbons (Fsp3) is 0.471. The first-order chi connectivity index (χ1) is 11.1. The average Bonchev–Trinajstić information content (AvgIpc) is 3.03. The van der Waals surface area contributed by atoms with Crippen LogP contribution in [0, 0.1) is 0 Å². The molecule has 132 valence electrons. The number of hydrogen-bond donors (Lipinski definition) is 0. The van der Waals surface area contributed by atoms with Gasteiger partial charge in [-0.15, -0.1) is 0 Å². The predicted octanol–water partition coefficient (Wildman–Crippen LogP) is 3.52. The van der Waals surface area contributed by atoms with Crippen LogP contribution < -0.4 is 9.47 Å². The summed E-state index contributed by atoms with van der Waals surface area (Å²) in [6.07, 6.45) is 1.57. The van der Waals surface area contributed by atoms with Gasteiger partial charge in [0.05, 0.1) is 20.4 Å². The summed E-state index contributed by atoms with van der Waals surface area (Å²) in [6.45, 7) is 7.46. The number of rotatable bonds is 5. The monoisotopic (exact) mass is 353 g/mol. The molecule has 6 nitrogen and oxygen atoms in total. The molecule has 1 atom stereocenters. The third kappa shape index (κ3) is 3.26. The fourth-order valence-electron chi connectivity index (χ4n) is 2.23. The molecule has 0 N–H and O–H groups in total. The molecular weight excluding hydrogens is 330 g/mol. The van der Waals surface area contributed by atoms with Crippen molar-refractivity contribution in [1.29, 1.82) is 0 Å². The molecule has 0 amide bonds. The highest BCUT2D eigenvalue weighted by molar-refractivity contribution is 7.91. The lowest BCUT2D eigenvalue weighted by Gasteiger charge is -2.17. The van der Waals surface area contributed by atoms with Crippen LogP contribution in [0.2, 0.25) is 0 Å². The van der Waals surface area contributed by atoms with Gasteiger partial charge in [-0.1, -0.05) is 26.8 Å². The summed E-state index contributed by atoms with van der Waals surface area (Å²) in [5.41, 5.74) is -0.253. The van der Waals surface area contributed by atoms with E-state index in [9.17, 15) is 8.42 Å². The van der Waals surface area contributed by atoms with Gasteiger partial charge >= 0.3 is 0 Å². The van der Waals surface area contributed by atoms with Crippen LogP contribution in [0.25, 0.3) is 0 Å². The van der Waals surface area contributed by atoms with Gasteiger partial charge in [-0.25, -0.2) is 13.4 Å². The molecule has 0 fully saturated rings. The Labute approximate surface area is 142 Å². The fourth-order valence-corrected chi connectivity index (χ4v) is 3.82. The third-order valence-electron chi connectivity index (χ3n) is 3.74. The van der Waals surface area contributed by atoms with E-state index >= 15 is 0 Å². The first-order valence-corrected chi connectivity index (χ1v) is 9.08. The number of benzene rings is 1. The summed E-state index contributed by atoms with van der Waals surface area (Å²) in [5, 5.41) is -0.973. The van der Waals surface area contributed by atoms with Crippen molar-refractivity contribution in [2.45, 2.75) is 43.3 Å². The maximum absolute atomic E-state index is 13.1. The highest BCUT2D eigenvalue weighted by atomic mass is 32.2. The van der Waals surface area contributed by atoms with Gasteiger partial charge in [0, 0.05) is 5.41 Å². The van der Waals surface area contributed by atoms with Gasteiger partial charge in [-0.2, -0.15) is 0 Å². The summed E-state index contributed by atoms with van der Waals surface area (Å²) in [5.74, 6) is 1.23. The Hall–Kier alpha value is -2.02. The molecular formula is C17H23NO5S. The van der Waals surface area contributed by atoms with Crippen LogP contribution in [0.15, 0.2) is 33.7 Å². The van der Waals surface area contributed by atoms with Gasteiger partial charge in [0.15, 0.2) is 14.7 Å². The zero-order valence-corrected chi connectivity index (χ0v) is 15.6. The molecule has 2 rings (SSSR count). The number of oxazole rings is 1. The van der Waals surface area contributed by atoms with Crippen LogP contribution in [0.3, 0.4) is 0 Å². The summed E-state index contributed by atoms with van der Waals surface area (Å²) in [4.78, 5) is 4.16. The number of sulfone groups is 1. The minimum Gasteiger partial charge on any atom is -0.495 e. The summed E-state index contributed by atoms with van der Waals surface area (Å²) in [7, 11) is -0.980. The second-order valence-electron chi connectivity index (χ2n) is 6.49. The molecule has 0 aliphatic rings. The molecule has 0 radical (unpaired) electrons. The molecule has 1 heterocycles. The van der Waals surface area contributed by atoms with Gasteiger partial charge in [-0.3, -0.25) is 0 Å². The zero-order chi connectivity index (χ0) is 18.1.